The van der Waals surface area contributed by atoms with E-state index < -0.39 is 17.7 Å². The maximum absolute atomic E-state index is 13.8. The van der Waals surface area contributed by atoms with Crippen LogP contribution in [0.2, 0.25) is 0 Å². The van der Waals surface area contributed by atoms with Crippen molar-refractivity contribution >= 4 is 31.9 Å². The molecule has 19 heavy (non-hydrogen) atoms. The third-order valence-electron chi connectivity index (χ3n) is 2.80. The normalized spacial score (nSPS) is 12.5. The quantitative estimate of drug-likeness (QED) is 0.773. The average molecular weight is 392 g/mol. The second kappa shape index (κ2) is 5.69. The molecule has 1 unspecified atom stereocenters. The van der Waals surface area contributed by atoms with Gasteiger partial charge in [-0.05, 0) is 36.2 Å². The van der Waals surface area contributed by atoms with Gasteiger partial charge in [-0.2, -0.15) is 0 Å². The predicted octanol–water partition coefficient (Wildman–Crippen LogP) is 4.88. The van der Waals surface area contributed by atoms with Gasteiger partial charge in [-0.1, -0.05) is 44.0 Å². The van der Waals surface area contributed by atoms with Crippen LogP contribution in [0.3, 0.4) is 0 Å². The van der Waals surface area contributed by atoms with Crippen LogP contribution in [0, 0.1) is 18.6 Å². The summed E-state index contributed by atoms with van der Waals surface area (Å²) in [5.74, 6) is -1.94. The number of rotatable bonds is 2. The number of benzene rings is 2. The summed E-state index contributed by atoms with van der Waals surface area (Å²) in [4.78, 5) is 0. The van der Waals surface area contributed by atoms with Crippen LogP contribution in [-0.4, -0.2) is 5.11 Å². The monoisotopic (exact) mass is 390 g/mol. The van der Waals surface area contributed by atoms with Crippen LogP contribution in [-0.2, 0) is 0 Å². The molecule has 2 rings (SSSR count). The van der Waals surface area contributed by atoms with E-state index in [0.29, 0.717) is 5.56 Å². The fourth-order valence-electron chi connectivity index (χ4n) is 1.78. The Kier molecular flexibility index (Phi) is 4.38. The SMILES string of the molecule is Cc1ccc(C(O)c2cc(Br)cc(Br)c2)c(F)c1F. The first kappa shape index (κ1) is 14.6. The minimum Gasteiger partial charge on any atom is -0.384 e. The molecule has 0 heterocycles. The highest BCUT2D eigenvalue weighted by Crippen LogP contribution is 2.30. The molecule has 0 saturated heterocycles. The third kappa shape index (κ3) is 3.04. The van der Waals surface area contributed by atoms with Gasteiger partial charge in [0.25, 0.3) is 0 Å². The summed E-state index contributed by atoms with van der Waals surface area (Å²) in [6.45, 7) is 1.48. The summed E-state index contributed by atoms with van der Waals surface area (Å²) >= 11 is 6.58. The molecule has 0 aliphatic carbocycles. The van der Waals surface area contributed by atoms with E-state index in [0.717, 1.165) is 8.95 Å². The van der Waals surface area contributed by atoms with E-state index in [-0.39, 0.29) is 11.1 Å². The van der Waals surface area contributed by atoms with E-state index in [2.05, 4.69) is 31.9 Å². The number of aryl methyl sites for hydroxylation is 1. The number of halogens is 4. The lowest BCUT2D eigenvalue weighted by Crippen LogP contribution is -2.05. The highest BCUT2D eigenvalue weighted by atomic mass is 79.9. The molecule has 0 amide bonds. The summed E-state index contributed by atoms with van der Waals surface area (Å²) in [6.07, 6.45) is -1.22. The predicted molar refractivity (Wildman–Crippen MR) is 77.0 cm³/mol. The zero-order valence-electron chi connectivity index (χ0n) is 9.92. The Balaban J connectivity index is 2.50. The first-order valence-corrected chi connectivity index (χ1v) is 7.07. The largest absolute Gasteiger partial charge is 0.384 e. The van der Waals surface area contributed by atoms with Crippen molar-refractivity contribution in [1.29, 1.82) is 0 Å². The van der Waals surface area contributed by atoms with Crippen molar-refractivity contribution < 1.29 is 13.9 Å². The van der Waals surface area contributed by atoms with Gasteiger partial charge in [0, 0.05) is 14.5 Å². The first-order chi connectivity index (χ1) is 8.90. The van der Waals surface area contributed by atoms with E-state index in [1.165, 1.54) is 19.1 Å². The molecule has 2 aromatic rings. The van der Waals surface area contributed by atoms with E-state index in [1.54, 1.807) is 18.2 Å². The van der Waals surface area contributed by atoms with Crippen molar-refractivity contribution in [3.8, 4) is 0 Å². The van der Waals surface area contributed by atoms with Gasteiger partial charge >= 0.3 is 0 Å². The zero-order valence-corrected chi connectivity index (χ0v) is 13.1. The Hall–Kier alpha value is -0.780. The molecular formula is C14H10Br2F2O. The van der Waals surface area contributed by atoms with Crippen molar-refractivity contribution in [2.24, 2.45) is 0 Å². The molecule has 0 radical (unpaired) electrons. The van der Waals surface area contributed by atoms with Crippen LogP contribution in [0.4, 0.5) is 8.78 Å². The Morgan fingerprint density at radius 3 is 2.16 bits per heavy atom. The Morgan fingerprint density at radius 1 is 1.00 bits per heavy atom. The van der Waals surface area contributed by atoms with E-state index in [1.807, 2.05) is 0 Å². The number of hydrogen-bond donors (Lipinski definition) is 1. The fourth-order valence-corrected chi connectivity index (χ4v) is 3.11. The molecule has 5 heteroatoms. The van der Waals surface area contributed by atoms with Gasteiger partial charge in [0.1, 0.15) is 6.10 Å². The molecule has 0 fully saturated rings. The second-order valence-corrected chi connectivity index (χ2v) is 6.04. The molecule has 0 bridgehead atoms. The van der Waals surface area contributed by atoms with Gasteiger partial charge in [0.05, 0.1) is 0 Å². The lowest BCUT2D eigenvalue weighted by Gasteiger charge is -2.14. The van der Waals surface area contributed by atoms with Crippen LogP contribution >= 0.6 is 31.9 Å². The van der Waals surface area contributed by atoms with Crippen LogP contribution in [0.25, 0.3) is 0 Å². The molecule has 2 aromatic carbocycles. The lowest BCUT2D eigenvalue weighted by molar-refractivity contribution is 0.213. The molecule has 1 N–H and O–H groups in total. The van der Waals surface area contributed by atoms with Gasteiger partial charge in [-0.25, -0.2) is 8.78 Å². The third-order valence-corrected chi connectivity index (χ3v) is 3.72. The van der Waals surface area contributed by atoms with E-state index in [4.69, 9.17) is 0 Å². The summed E-state index contributed by atoms with van der Waals surface area (Å²) < 4.78 is 28.8. The minimum absolute atomic E-state index is 0.0758. The maximum atomic E-state index is 13.8. The molecule has 1 nitrogen and oxygen atoms in total. The number of aliphatic hydroxyl groups excluding tert-OH is 1. The molecule has 0 aromatic heterocycles. The Labute approximate surface area is 126 Å². The van der Waals surface area contributed by atoms with Gasteiger partial charge in [-0.3, -0.25) is 0 Å². The van der Waals surface area contributed by atoms with Crippen LogP contribution in [0.15, 0.2) is 39.3 Å². The van der Waals surface area contributed by atoms with E-state index >= 15 is 0 Å². The first-order valence-electron chi connectivity index (χ1n) is 5.48. The Bertz CT molecular complexity index is 609. The molecule has 0 spiro atoms. The zero-order chi connectivity index (χ0) is 14.2. The van der Waals surface area contributed by atoms with Crippen molar-refractivity contribution in [2.45, 2.75) is 13.0 Å². The highest BCUT2D eigenvalue weighted by Gasteiger charge is 2.19. The molecule has 1 atom stereocenters. The molecule has 100 valence electrons. The molecule has 0 aliphatic rings. The standard InChI is InChI=1S/C14H10Br2F2O/c1-7-2-3-11(13(18)12(7)17)14(19)8-4-9(15)6-10(16)5-8/h2-6,14,19H,1H3. The number of hydrogen-bond acceptors (Lipinski definition) is 1. The Morgan fingerprint density at radius 2 is 1.58 bits per heavy atom. The van der Waals surface area contributed by atoms with Crippen LogP contribution in [0.5, 0.6) is 0 Å². The van der Waals surface area contributed by atoms with Crippen molar-refractivity contribution in [1.82, 2.24) is 0 Å². The van der Waals surface area contributed by atoms with Crippen LogP contribution < -0.4 is 0 Å². The van der Waals surface area contributed by atoms with Crippen molar-refractivity contribution in [3.63, 3.8) is 0 Å². The fraction of sp³-hybridized carbons (Fsp3) is 0.143. The summed E-state index contributed by atoms with van der Waals surface area (Å²) in [5.41, 5.74) is 0.611. The second-order valence-electron chi connectivity index (χ2n) is 4.20. The minimum atomic E-state index is -1.22. The summed E-state index contributed by atoms with van der Waals surface area (Å²) in [6, 6.07) is 7.96. The van der Waals surface area contributed by atoms with Crippen LogP contribution in [0.1, 0.15) is 22.8 Å². The highest BCUT2D eigenvalue weighted by molar-refractivity contribution is 9.11. The molecule has 0 saturated carbocycles. The van der Waals surface area contributed by atoms with Crippen molar-refractivity contribution in [3.05, 3.63) is 67.6 Å². The number of aliphatic hydroxyl groups is 1. The average Bonchev–Trinajstić information content (AvgIpc) is 2.34. The smallest absolute Gasteiger partial charge is 0.165 e. The van der Waals surface area contributed by atoms with Gasteiger partial charge in [-0.15, -0.1) is 0 Å². The summed E-state index contributed by atoms with van der Waals surface area (Å²) in [5, 5.41) is 10.2. The molecule has 0 aliphatic heterocycles. The topological polar surface area (TPSA) is 20.2 Å². The van der Waals surface area contributed by atoms with Gasteiger partial charge in [0.15, 0.2) is 11.6 Å². The van der Waals surface area contributed by atoms with E-state index in [9.17, 15) is 13.9 Å². The van der Waals surface area contributed by atoms with Gasteiger partial charge in [0.2, 0.25) is 0 Å². The van der Waals surface area contributed by atoms with Gasteiger partial charge < -0.3 is 5.11 Å². The molecular weight excluding hydrogens is 382 g/mol. The summed E-state index contributed by atoms with van der Waals surface area (Å²) in [7, 11) is 0. The lowest BCUT2D eigenvalue weighted by atomic mass is 9.99. The van der Waals surface area contributed by atoms with Crippen molar-refractivity contribution in [2.75, 3.05) is 0 Å². The maximum Gasteiger partial charge on any atom is 0.165 e.